The number of nitrogens with one attached hydrogen (secondary N) is 1. The van der Waals surface area contributed by atoms with Crippen molar-refractivity contribution in [3.63, 3.8) is 0 Å². The summed E-state index contributed by atoms with van der Waals surface area (Å²) in [5, 5.41) is 0. The number of para-hydroxylation sites is 1. The van der Waals surface area contributed by atoms with Crippen molar-refractivity contribution in [1.82, 2.24) is 19.5 Å². The molecule has 0 amide bonds. The van der Waals surface area contributed by atoms with Crippen LogP contribution in [0.4, 0.5) is 0 Å². The van der Waals surface area contributed by atoms with Crippen LogP contribution >= 0.6 is 0 Å². The van der Waals surface area contributed by atoms with E-state index in [2.05, 4.69) is 186 Å². The summed E-state index contributed by atoms with van der Waals surface area (Å²) in [4.78, 5) is 13.9. The van der Waals surface area contributed by atoms with Crippen LogP contribution in [0.25, 0.3) is 85.4 Å². The van der Waals surface area contributed by atoms with Crippen LogP contribution in [0, 0.1) is 0 Å². The number of H-pyrrole nitrogens is 1. The second-order valence-electron chi connectivity index (χ2n) is 12.0. The van der Waals surface area contributed by atoms with Crippen LogP contribution in [0.5, 0.6) is 0 Å². The number of fused-ring (bicyclic) bond motifs is 8. The molecule has 9 rings (SSSR count). The van der Waals surface area contributed by atoms with Gasteiger partial charge in [-0.2, -0.15) is 0 Å². The summed E-state index contributed by atoms with van der Waals surface area (Å²) in [6, 6.07) is 53.3. The van der Waals surface area contributed by atoms with Crippen LogP contribution < -0.4 is 0 Å². The molecule has 5 heterocycles. The smallest absolute Gasteiger partial charge is 0.0737 e. The van der Waals surface area contributed by atoms with Crippen LogP contribution in [0.3, 0.4) is 0 Å². The quantitative estimate of drug-likeness (QED) is 0.180. The van der Waals surface area contributed by atoms with Gasteiger partial charge < -0.3 is 20.5 Å². The molecule has 0 spiro atoms. The molecule has 7 aromatic rings. The van der Waals surface area contributed by atoms with Gasteiger partial charge in [-0.3, -0.25) is 0 Å². The van der Waals surface area contributed by atoms with Crippen molar-refractivity contribution < 1.29 is 11.0 Å². The Morgan fingerprint density at radius 3 is 1.45 bits per heavy atom. The van der Waals surface area contributed by atoms with Gasteiger partial charge in [0.1, 0.15) is 0 Å². The largest absolute Gasteiger partial charge is 0.412 e. The van der Waals surface area contributed by atoms with Crippen LogP contribution in [0.15, 0.2) is 152 Å². The molecule has 51 heavy (non-hydrogen) atoms. The van der Waals surface area contributed by atoms with E-state index >= 15 is 0 Å². The second-order valence-corrected chi connectivity index (χ2v) is 12.0. The van der Waals surface area contributed by atoms with Crippen molar-refractivity contribution in [2.24, 2.45) is 0 Å². The molecule has 4 radical (unpaired) electrons. The predicted octanol–water partition coefficient (Wildman–Crippen LogP) is 9.09. The average Bonchev–Trinajstić information content (AvgIpc) is 3.95. The van der Waals surface area contributed by atoms with Gasteiger partial charge in [0.15, 0.2) is 0 Å². The van der Waals surface area contributed by atoms with E-state index in [0.717, 1.165) is 83.9 Å². The van der Waals surface area contributed by atoms with E-state index in [1.165, 1.54) is 0 Å². The third-order valence-electron chi connectivity index (χ3n) is 8.87. The van der Waals surface area contributed by atoms with E-state index in [9.17, 15) is 0 Å². The fraction of sp³-hybridized carbons (Fsp3) is 0. The molecule has 8 bridgehead atoms. The van der Waals surface area contributed by atoms with E-state index in [0.29, 0.717) is 0 Å². The maximum atomic E-state index is 5.29. The number of aromatic amines is 1. The van der Waals surface area contributed by atoms with E-state index in [4.69, 9.17) is 9.97 Å². The molecule has 3 aromatic heterocycles. The summed E-state index contributed by atoms with van der Waals surface area (Å²) >= 11 is 0. The standard InChI is InChI=1S/C44H30N4.2H2O.Sn/c1-5-13-30(14-6-1)41-39-26-25-36(47-39)28-35-22-21-33(45-35)27-34-23-24-37(46-34)29-40-42(31-15-7-2-8-16-31)43(32-17-9-3-10-18-32)44(41)48(40)38-19-11-4-12-20-38;;;/h1-29,45H;2*1H2;. The molecule has 7 heteroatoms. The molecule has 0 saturated heterocycles. The van der Waals surface area contributed by atoms with Crippen molar-refractivity contribution in [3.8, 4) is 39.1 Å². The zero-order chi connectivity index (χ0) is 31.9. The average molecular weight is 769 g/mol. The summed E-state index contributed by atoms with van der Waals surface area (Å²) in [5.41, 5.74) is 15.4. The molecule has 2 aliphatic rings. The normalized spacial score (nSPS) is 11.3. The Morgan fingerprint density at radius 1 is 0.431 bits per heavy atom. The molecule has 246 valence electrons. The molecule has 0 atom stereocenters. The van der Waals surface area contributed by atoms with Gasteiger partial charge in [0.2, 0.25) is 0 Å². The molecule has 0 aliphatic carbocycles. The number of aromatic nitrogens is 4. The van der Waals surface area contributed by atoms with Gasteiger partial charge in [-0.15, -0.1) is 0 Å². The van der Waals surface area contributed by atoms with Crippen LogP contribution in [0.1, 0.15) is 22.8 Å². The van der Waals surface area contributed by atoms with Gasteiger partial charge in [-0.05, 0) is 83.5 Å². The van der Waals surface area contributed by atoms with Gasteiger partial charge in [0.05, 0.1) is 33.8 Å². The molecule has 6 nitrogen and oxygen atoms in total. The first-order valence-electron chi connectivity index (χ1n) is 16.2. The Kier molecular flexibility index (Phi) is 10.3. The SMILES string of the molecule is C1=Cc2cc3c(-c4ccccc4)c(-c4ccccc4)c(c(-c4ccccc4)c4nc(cc5ccc(cc1n2)[nH]5)C=C4)n3-c1ccccc1.O.O.[Sn]. The van der Waals surface area contributed by atoms with Crippen LogP contribution in [-0.4, -0.2) is 54.4 Å². The van der Waals surface area contributed by atoms with Crippen molar-refractivity contribution in [3.05, 3.63) is 174 Å². The third kappa shape index (κ3) is 6.60. The molecule has 4 aromatic carbocycles. The number of hydrogen-bond donors (Lipinski definition) is 1. The number of rotatable bonds is 4. The van der Waals surface area contributed by atoms with Crippen molar-refractivity contribution in [2.45, 2.75) is 0 Å². The van der Waals surface area contributed by atoms with Crippen molar-refractivity contribution >= 4 is 70.3 Å². The number of benzene rings is 4. The molecular weight excluding hydrogens is 735 g/mol. The fourth-order valence-electron chi connectivity index (χ4n) is 6.81. The zero-order valence-corrected chi connectivity index (χ0v) is 30.4. The van der Waals surface area contributed by atoms with E-state index in [-0.39, 0.29) is 34.9 Å². The summed E-state index contributed by atoms with van der Waals surface area (Å²) < 4.78 is 2.41. The Hall–Kier alpha value is -5.80. The first-order valence-corrected chi connectivity index (χ1v) is 16.2. The topological polar surface area (TPSA) is 110 Å². The maximum Gasteiger partial charge on any atom is 0.0737 e. The monoisotopic (exact) mass is 770 g/mol. The summed E-state index contributed by atoms with van der Waals surface area (Å²) in [6.07, 6.45) is 8.44. The molecule has 0 fully saturated rings. The number of nitrogens with zero attached hydrogens (tertiary/aromatic N) is 3. The Bertz CT molecular complexity index is 2540. The summed E-state index contributed by atoms with van der Waals surface area (Å²) in [7, 11) is 0. The first kappa shape index (κ1) is 35.0. The fourth-order valence-corrected chi connectivity index (χ4v) is 6.81. The zero-order valence-electron chi connectivity index (χ0n) is 27.6. The van der Waals surface area contributed by atoms with Crippen molar-refractivity contribution in [1.29, 1.82) is 0 Å². The van der Waals surface area contributed by atoms with Gasteiger partial charge in [-0.1, -0.05) is 109 Å². The van der Waals surface area contributed by atoms with Gasteiger partial charge in [0.25, 0.3) is 0 Å². The third-order valence-corrected chi connectivity index (χ3v) is 8.87. The second kappa shape index (κ2) is 15.0. The van der Waals surface area contributed by atoms with Gasteiger partial charge in [-0.25, -0.2) is 9.97 Å². The molecule has 2 aliphatic heterocycles. The minimum Gasteiger partial charge on any atom is -0.412 e. The molecular formula is C44H34N4O2Sn. The van der Waals surface area contributed by atoms with Gasteiger partial charge in [0, 0.05) is 57.3 Å². The molecule has 0 unspecified atom stereocenters. The van der Waals surface area contributed by atoms with E-state index in [1.807, 2.05) is 0 Å². The Balaban J connectivity index is 0.00000149. The van der Waals surface area contributed by atoms with Crippen molar-refractivity contribution in [2.75, 3.05) is 0 Å². The summed E-state index contributed by atoms with van der Waals surface area (Å²) in [5.74, 6) is 0. The van der Waals surface area contributed by atoms with Crippen LogP contribution in [-0.2, 0) is 0 Å². The van der Waals surface area contributed by atoms with Crippen LogP contribution in [0.2, 0.25) is 0 Å². The Morgan fingerprint density at radius 2 is 0.882 bits per heavy atom. The summed E-state index contributed by atoms with van der Waals surface area (Å²) in [6.45, 7) is 0. The van der Waals surface area contributed by atoms with E-state index in [1.54, 1.807) is 0 Å². The first-order chi connectivity index (χ1) is 23.8. The molecule has 5 N–H and O–H groups in total. The maximum absolute atomic E-state index is 5.29. The van der Waals surface area contributed by atoms with Gasteiger partial charge >= 0.3 is 0 Å². The minimum atomic E-state index is 0. The number of hydrogen-bond acceptors (Lipinski definition) is 2. The van der Waals surface area contributed by atoms with E-state index < -0.39 is 0 Å². The predicted molar refractivity (Wildman–Crippen MR) is 213 cm³/mol. The molecule has 0 saturated carbocycles. The minimum absolute atomic E-state index is 0. The Labute approximate surface area is 312 Å².